The Morgan fingerprint density at radius 3 is 2.86 bits per heavy atom. The van der Waals surface area contributed by atoms with Crippen LogP contribution in [0.1, 0.15) is 25.7 Å². The minimum absolute atomic E-state index is 0.175. The van der Waals surface area contributed by atoms with Crippen LogP contribution < -0.4 is 10.2 Å². The van der Waals surface area contributed by atoms with Crippen molar-refractivity contribution in [2.24, 2.45) is 5.92 Å². The van der Waals surface area contributed by atoms with Crippen LogP contribution in [-0.4, -0.2) is 30.6 Å². The van der Waals surface area contributed by atoms with Gasteiger partial charge in [0.05, 0.1) is 11.0 Å². The Labute approximate surface area is 123 Å². The maximum absolute atomic E-state index is 13.6. The molecule has 2 fully saturated rings. The lowest BCUT2D eigenvalue weighted by atomic mass is 9.89. The van der Waals surface area contributed by atoms with Crippen LogP contribution in [0.4, 0.5) is 15.8 Å². The molecule has 2 unspecified atom stereocenters. The normalized spacial score (nSPS) is 26.0. The van der Waals surface area contributed by atoms with Gasteiger partial charge in [-0.2, -0.15) is 0 Å². The first kappa shape index (κ1) is 14.3. The van der Waals surface area contributed by atoms with Crippen LogP contribution in [-0.2, 0) is 0 Å². The fourth-order valence-corrected chi connectivity index (χ4v) is 3.53. The Bertz CT molecular complexity index is 532. The number of non-ortho nitro benzene ring substituents is 1. The number of nitrogens with zero attached hydrogens (tertiary/aromatic N) is 2. The van der Waals surface area contributed by atoms with E-state index in [1.54, 1.807) is 0 Å². The van der Waals surface area contributed by atoms with Crippen LogP contribution in [0.25, 0.3) is 0 Å². The van der Waals surface area contributed by atoms with E-state index in [1.807, 2.05) is 0 Å². The minimum atomic E-state index is -0.541. The van der Waals surface area contributed by atoms with Crippen molar-refractivity contribution in [3.63, 3.8) is 0 Å². The number of hydrogen-bond acceptors (Lipinski definition) is 4. The monoisotopic (exact) mass is 293 g/mol. The molecule has 5 nitrogen and oxygen atoms in total. The molecule has 2 saturated heterocycles. The molecule has 0 spiro atoms. The van der Waals surface area contributed by atoms with E-state index in [1.165, 1.54) is 31.4 Å². The standard InChI is InChI=1S/C15H20FN3O2/c16-12-7-13(9-14(8-12)19(20)21)18-6-2-3-11(10-18)15-4-1-5-17-15/h7-9,11,15,17H,1-6,10H2. The van der Waals surface area contributed by atoms with E-state index in [9.17, 15) is 14.5 Å². The molecule has 0 bridgehead atoms. The summed E-state index contributed by atoms with van der Waals surface area (Å²) < 4.78 is 13.6. The third kappa shape index (κ3) is 3.15. The number of hydrogen-bond donors (Lipinski definition) is 1. The van der Waals surface area contributed by atoms with Gasteiger partial charge in [-0.3, -0.25) is 10.1 Å². The first-order valence-corrected chi connectivity index (χ1v) is 7.57. The van der Waals surface area contributed by atoms with E-state index in [2.05, 4.69) is 10.2 Å². The number of halogens is 1. The van der Waals surface area contributed by atoms with E-state index in [0.717, 1.165) is 32.1 Å². The number of nitro benzene ring substituents is 1. The highest BCUT2D eigenvalue weighted by molar-refractivity contribution is 5.54. The van der Waals surface area contributed by atoms with Crippen LogP contribution in [0.3, 0.4) is 0 Å². The molecule has 1 N–H and O–H groups in total. The predicted molar refractivity (Wildman–Crippen MR) is 79.0 cm³/mol. The van der Waals surface area contributed by atoms with Gasteiger partial charge in [0.15, 0.2) is 0 Å². The maximum atomic E-state index is 13.6. The maximum Gasteiger partial charge on any atom is 0.274 e. The van der Waals surface area contributed by atoms with Crippen LogP contribution in [0.2, 0.25) is 0 Å². The molecule has 0 saturated carbocycles. The van der Waals surface area contributed by atoms with Crippen molar-refractivity contribution in [3.8, 4) is 0 Å². The minimum Gasteiger partial charge on any atom is -0.371 e. The first-order valence-electron chi connectivity index (χ1n) is 7.57. The van der Waals surface area contributed by atoms with Crippen molar-refractivity contribution < 1.29 is 9.31 Å². The molecular weight excluding hydrogens is 273 g/mol. The molecule has 2 aliphatic rings. The highest BCUT2D eigenvalue weighted by Gasteiger charge is 2.29. The summed E-state index contributed by atoms with van der Waals surface area (Å²) in [6.07, 6.45) is 4.63. The van der Waals surface area contributed by atoms with Gasteiger partial charge in [0, 0.05) is 30.9 Å². The summed E-state index contributed by atoms with van der Waals surface area (Å²) in [6.45, 7) is 2.76. The molecule has 21 heavy (non-hydrogen) atoms. The number of benzene rings is 1. The number of rotatable bonds is 3. The fraction of sp³-hybridized carbons (Fsp3) is 0.600. The fourth-order valence-electron chi connectivity index (χ4n) is 3.53. The molecule has 114 valence electrons. The smallest absolute Gasteiger partial charge is 0.274 e. The predicted octanol–water partition coefficient (Wildman–Crippen LogP) is 2.70. The van der Waals surface area contributed by atoms with Crippen molar-refractivity contribution >= 4 is 11.4 Å². The van der Waals surface area contributed by atoms with Gasteiger partial charge in [-0.1, -0.05) is 0 Å². The summed E-state index contributed by atoms with van der Waals surface area (Å²) in [5, 5.41) is 14.4. The van der Waals surface area contributed by atoms with E-state index in [4.69, 9.17) is 0 Å². The van der Waals surface area contributed by atoms with Gasteiger partial charge >= 0.3 is 0 Å². The molecule has 0 aliphatic carbocycles. The zero-order valence-corrected chi connectivity index (χ0v) is 11.9. The summed E-state index contributed by atoms with van der Waals surface area (Å²) in [5.41, 5.74) is 0.454. The molecule has 3 rings (SSSR count). The van der Waals surface area contributed by atoms with Crippen molar-refractivity contribution in [2.45, 2.75) is 31.7 Å². The molecule has 2 heterocycles. The quantitative estimate of drug-likeness (QED) is 0.687. The van der Waals surface area contributed by atoms with Crippen molar-refractivity contribution in [1.82, 2.24) is 5.32 Å². The largest absolute Gasteiger partial charge is 0.371 e. The number of nitrogens with one attached hydrogen (secondary N) is 1. The Hall–Kier alpha value is -1.69. The Kier molecular flexibility index (Phi) is 4.05. The molecule has 2 aliphatic heterocycles. The van der Waals surface area contributed by atoms with E-state index in [0.29, 0.717) is 17.6 Å². The SMILES string of the molecule is O=[N+]([O-])c1cc(F)cc(N2CCCC(C3CCCN3)C2)c1. The van der Waals surface area contributed by atoms with Gasteiger partial charge in [0.25, 0.3) is 5.69 Å². The lowest BCUT2D eigenvalue weighted by Crippen LogP contribution is -2.43. The summed E-state index contributed by atoms with van der Waals surface area (Å²) >= 11 is 0. The summed E-state index contributed by atoms with van der Waals surface area (Å²) in [5.74, 6) is 0.00360. The zero-order chi connectivity index (χ0) is 14.8. The molecule has 0 amide bonds. The number of nitro groups is 1. The second-order valence-corrected chi connectivity index (χ2v) is 5.98. The molecule has 0 radical (unpaired) electrons. The average molecular weight is 293 g/mol. The molecular formula is C15H20FN3O2. The van der Waals surface area contributed by atoms with Crippen LogP contribution >= 0.6 is 0 Å². The third-order valence-electron chi connectivity index (χ3n) is 4.57. The number of piperidine rings is 1. The van der Waals surface area contributed by atoms with Gasteiger partial charge in [-0.05, 0) is 44.2 Å². The van der Waals surface area contributed by atoms with Crippen LogP contribution in [0.5, 0.6) is 0 Å². The molecule has 1 aromatic rings. The van der Waals surface area contributed by atoms with Gasteiger partial charge in [-0.15, -0.1) is 0 Å². The molecule has 2 atom stereocenters. The van der Waals surface area contributed by atoms with Crippen LogP contribution in [0.15, 0.2) is 18.2 Å². The van der Waals surface area contributed by atoms with Gasteiger partial charge in [0.2, 0.25) is 0 Å². The Balaban J connectivity index is 1.77. The van der Waals surface area contributed by atoms with Gasteiger partial charge in [0.1, 0.15) is 5.82 Å². The Morgan fingerprint density at radius 1 is 1.29 bits per heavy atom. The highest BCUT2D eigenvalue weighted by atomic mass is 19.1. The third-order valence-corrected chi connectivity index (χ3v) is 4.57. The molecule has 0 aromatic heterocycles. The van der Waals surface area contributed by atoms with Gasteiger partial charge < -0.3 is 10.2 Å². The van der Waals surface area contributed by atoms with Gasteiger partial charge in [-0.25, -0.2) is 4.39 Å². The molecule has 1 aromatic carbocycles. The second-order valence-electron chi connectivity index (χ2n) is 5.98. The van der Waals surface area contributed by atoms with Crippen molar-refractivity contribution in [2.75, 3.05) is 24.5 Å². The average Bonchev–Trinajstić information content (AvgIpc) is 3.01. The van der Waals surface area contributed by atoms with E-state index < -0.39 is 10.7 Å². The summed E-state index contributed by atoms with van der Waals surface area (Å²) in [4.78, 5) is 12.4. The molecule has 6 heteroatoms. The highest BCUT2D eigenvalue weighted by Crippen LogP contribution is 2.30. The lowest BCUT2D eigenvalue weighted by molar-refractivity contribution is -0.385. The lowest BCUT2D eigenvalue weighted by Gasteiger charge is -2.37. The van der Waals surface area contributed by atoms with E-state index in [-0.39, 0.29) is 5.69 Å². The number of anilines is 1. The van der Waals surface area contributed by atoms with Crippen LogP contribution in [0, 0.1) is 21.8 Å². The van der Waals surface area contributed by atoms with Crippen molar-refractivity contribution in [3.05, 3.63) is 34.1 Å². The van der Waals surface area contributed by atoms with E-state index >= 15 is 0 Å². The topological polar surface area (TPSA) is 58.4 Å². The Morgan fingerprint density at radius 2 is 2.14 bits per heavy atom. The zero-order valence-electron chi connectivity index (χ0n) is 11.9. The first-order chi connectivity index (χ1) is 10.1. The van der Waals surface area contributed by atoms with Crippen molar-refractivity contribution in [1.29, 1.82) is 0 Å². The summed E-state index contributed by atoms with van der Waals surface area (Å²) in [6, 6.07) is 4.39. The second kappa shape index (κ2) is 5.97. The summed E-state index contributed by atoms with van der Waals surface area (Å²) in [7, 11) is 0.